The fourth-order valence-electron chi connectivity index (χ4n) is 0.258. The van der Waals surface area contributed by atoms with Crippen LogP contribution in [0.15, 0.2) is 24.3 Å². The van der Waals surface area contributed by atoms with Crippen LogP contribution in [0, 0.1) is 0 Å². The van der Waals surface area contributed by atoms with Crippen LogP contribution in [0.3, 0.4) is 0 Å². The molecule has 0 saturated heterocycles. The minimum atomic E-state index is -0.710. The van der Waals surface area contributed by atoms with Gasteiger partial charge in [0, 0.05) is 11.1 Å². The summed E-state index contributed by atoms with van der Waals surface area (Å²) < 4.78 is 4.30. The Balaban J connectivity index is 0. The molecule has 60 valence electrons. The van der Waals surface area contributed by atoms with Crippen molar-refractivity contribution in [3.8, 4) is 0 Å². The van der Waals surface area contributed by atoms with Crippen LogP contribution in [-0.4, -0.2) is 11.9 Å². The summed E-state index contributed by atoms with van der Waals surface area (Å²) in [6.07, 6.45) is 0. The van der Waals surface area contributed by atoms with E-state index in [1.165, 1.54) is 13.8 Å². The second-order valence-electron chi connectivity index (χ2n) is 2.24. The van der Waals surface area contributed by atoms with E-state index in [1.54, 1.807) is 0 Å². The van der Waals surface area contributed by atoms with Crippen molar-refractivity contribution in [3.63, 3.8) is 0 Å². The van der Waals surface area contributed by atoms with E-state index in [-0.39, 0.29) is 12.6 Å². The van der Waals surface area contributed by atoms with Gasteiger partial charge in [0.05, 0.1) is 0 Å². The van der Waals surface area contributed by atoms with Gasteiger partial charge in [0.2, 0.25) is 0 Å². The van der Waals surface area contributed by atoms with Crippen molar-refractivity contribution in [2.75, 3.05) is 0 Å². The van der Waals surface area contributed by atoms with Crippen LogP contribution in [0.2, 0.25) is 0 Å². The zero-order valence-corrected chi connectivity index (χ0v) is 6.64. The molecule has 3 nitrogen and oxygen atoms in total. The second-order valence-corrected chi connectivity index (χ2v) is 2.24. The highest BCUT2D eigenvalue weighted by atomic mass is 16.6. The fraction of sp³-hybridized carbons (Fsp3) is 0.250. The van der Waals surface area contributed by atoms with Gasteiger partial charge in [0.15, 0.2) is 0 Å². The van der Waals surface area contributed by atoms with E-state index in [4.69, 9.17) is 0 Å². The van der Waals surface area contributed by atoms with Crippen molar-refractivity contribution < 1.29 is 15.8 Å². The molecular formula is C8H11O3+. The van der Waals surface area contributed by atoms with Crippen molar-refractivity contribution >= 4 is 11.9 Å². The number of carbonyl (C=O) groups excluding carboxylic acids is 2. The van der Waals surface area contributed by atoms with E-state index in [1.807, 2.05) is 0 Å². The lowest BCUT2D eigenvalue weighted by molar-refractivity contribution is -0.153. The molecule has 0 atom stereocenters. The van der Waals surface area contributed by atoms with Crippen LogP contribution in [0.4, 0.5) is 0 Å². The molecule has 0 fully saturated rings. The lowest BCUT2D eigenvalue weighted by Gasteiger charge is -1.99. The minimum absolute atomic E-state index is 0. The summed E-state index contributed by atoms with van der Waals surface area (Å²) in [5.74, 6) is -1.42. The quantitative estimate of drug-likeness (QED) is 0.343. The van der Waals surface area contributed by atoms with Gasteiger partial charge in [0.25, 0.3) is 0 Å². The summed E-state index contributed by atoms with van der Waals surface area (Å²) >= 11 is 0. The molecule has 0 aliphatic carbocycles. The molecule has 0 aliphatic heterocycles. The van der Waals surface area contributed by atoms with Crippen LogP contribution in [0.1, 0.15) is 15.3 Å². The molecule has 3 heteroatoms. The van der Waals surface area contributed by atoms with E-state index >= 15 is 0 Å². The Morgan fingerprint density at radius 1 is 1.09 bits per heavy atom. The van der Waals surface area contributed by atoms with Crippen molar-refractivity contribution in [3.05, 3.63) is 24.3 Å². The first kappa shape index (κ1) is 9.62. The van der Waals surface area contributed by atoms with Gasteiger partial charge in [-0.2, -0.15) is 0 Å². The summed E-state index contributed by atoms with van der Waals surface area (Å²) in [5.41, 5.74) is 0.388. The zero-order chi connectivity index (χ0) is 9.02. The summed E-state index contributed by atoms with van der Waals surface area (Å²) in [6, 6.07) is 0. The smallest absolute Gasteiger partial charge is 0.386 e. The Kier molecular flexibility index (Phi) is 3.24. The molecule has 0 heterocycles. The van der Waals surface area contributed by atoms with Crippen LogP contribution in [0.5, 0.6) is 0 Å². The first-order chi connectivity index (χ1) is 4.95. The molecule has 11 heavy (non-hydrogen) atoms. The van der Waals surface area contributed by atoms with E-state index < -0.39 is 11.9 Å². The SMILES string of the molecule is C=C(C)C(=O)OC(=O)C(=C)C.[H+]. The first-order valence-electron chi connectivity index (χ1n) is 3.02. The monoisotopic (exact) mass is 155 g/mol. The summed E-state index contributed by atoms with van der Waals surface area (Å²) in [4.78, 5) is 21.3. The maximum Gasteiger partial charge on any atom is 1.00 e. The average molecular weight is 155 g/mol. The Bertz CT molecular complexity index is 206. The molecule has 0 aliphatic rings. The van der Waals surface area contributed by atoms with Gasteiger partial charge in [0.1, 0.15) is 0 Å². The number of hydrogen-bond acceptors (Lipinski definition) is 3. The molecule has 0 aromatic heterocycles. The predicted octanol–water partition coefficient (Wildman–Crippen LogP) is 1.32. The van der Waals surface area contributed by atoms with Crippen molar-refractivity contribution in [2.45, 2.75) is 13.8 Å². The van der Waals surface area contributed by atoms with Gasteiger partial charge in [-0.1, -0.05) is 13.2 Å². The Hall–Kier alpha value is -1.38. The summed E-state index contributed by atoms with van der Waals surface area (Å²) in [5, 5.41) is 0. The zero-order valence-electron chi connectivity index (χ0n) is 7.64. The fourth-order valence-corrected chi connectivity index (χ4v) is 0.258. The molecule has 0 rings (SSSR count). The molecule has 0 radical (unpaired) electrons. The Morgan fingerprint density at radius 3 is 1.55 bits per heavy atom. The number of esters is 2. The lowest BCUT2D eigenvalue weighted by Crippen LogP contribution is -2.12. The number of ether oxygens (including phenoxy) is 1. The van der Waals surface area contributed by atoms with Crippen LogP contribution < -0.4 is 0 Å². The molecule has 0 spiro atoms. The van der Waals surface area contributed by atoms with Crippen LogP contribution in [0.25, 0.3) is 0 Å². The lowest BCUT2D eigenvalue weighted by atomic mass is 10.3. The Labute approximate surface area is 66.8 Å². The maximum absolute atomic E-state index is 10.7. The standard InChI is InChI=1S/C8H10O3/c1-5(2)7(9)11-8(10)6(3)4/h1,3H2,2,4H3/p+1. The predicted molar refractivity (Wildman–Crippen MR) is 41.8 cm³/mol. The highest BCUT2D eigenvalue weighted by Crippen LogP contribution is 1.97. The highest BCUT2D eigenvalue weighted by Gasteiger charge is 2.10. The Morgan fingerprint density at radius 2 is 1.36 bits per heavy atom. The van der Waals surface area contributed by atoms with E-state index in [2.05, 4.69) is 17.9 Å². The van der Waals surface area contributed by atoms with Gasteiger partial charge in [-0.3, -0.25) is 0 Å². The number of rotatable bonds is 2. The van der Waals surface area contributed by atoms with E-state index in [0.717, 1.165) is 0 Å². The summed E-state index contributed by atoms with van der Waals surface area (Å²) in [7, 11) is 0. The molecule has 0 aromatic carbocycles. The highest BCUT2D eigenvalue weighted by molar-refractivity contribution is 6.00. The number of carbonyl (C=O) groups is 2. The third kappa shape index (κ3) is 3.35. The van der Waals surface area contributed by atoms with Crippen LogP contribution >= 0.6 is 0 Å². The molecule has 0 aromatic rings. The maximum atomic E-state index is 10.7. The van der Waals surface area contributed by atoms with Gasteiger partial charge in [-0.05, 0) is 13.8 Å². The first-order valence-corrected chi connectivity index (χ1v) is 3.02. The van der Waals surface area contributed by atoms with Crippen molar-refractivity contribution in [1.82, 2.24) is 0 Å². The van der Waals surface area contributed by atoms with Crippen molar-refractivity contribution in [1.29, 1.82) is 0 Å². The average Bonchev–Trinajstić information content (AvgIpc) is 1.87. The molecule has 0 amide bonds. The summed E-state index contributed by atoms with van der Waals surface area (Å²) in [6.45, 7) is 9.55. The minimum Gasteiger partial charge on any atom is -0.386 e. The molecule has 0 unspecified atom stereocenters. The van der Waals surface area contributed by atoms with Gasteiger partial charge >= 0.3 is 13.4 Å². The van der Waals surface area contributed by atoms with Gasteiger partial charge < -0.3 is 4.74 Å². The topological polar surface area (TPSA) is 43.4 Å². The van der Waals surface area contributed by atoms with E-state index in [9.17, 15) is 9.59 Å². The molecule has 0 bridgehead atoms. The van der Waals surface area contributed by atoms with Gasteiger partial charge in [-0.25, -0.2) is 9.59 Å². The number of hydrogen-bond donors (Lipinski definition) is 0. The third-order valence-electron chi connectivity index (χ3n) is 0.882. The van der Waals surface area contributed by atoms with Crippen molar-refractivity contribution in [2.24, 2.45) is 0 Å². The third-order valence-corrected chi connectivity index (χ3v) is 0.882. The normalized spacial score (nSPS) is 8.55. The largest absolute Gasteiger partial charge is 1.00 e. The molecule has 0 saturated carbocycles. The molecular weight excluding hydrogens is 144 g/mol. The molecule has 0 N–H and O–H groups in total. The van der Waals surface area contributed by atoms with E-state index in [0.29, 0.717) is 0 Å². The second kappa shape index (κ2) is 3.71. The van der Waals surface area contributed by atoms with Gasteiger partial charge in [-0.15, -0.1) is 0 Å². The van der Waals surface area contributed by atoms with Crippen LogP contribution in [-0.2, 0) is 14.3 Å².